The molecule has 2 aromatic rings. The van der Waals surface area contributed by atoms with Gasteiger partial charge in [0.05, 0.1) is 6.04 Å². The maximum atomic E-state index is 6.50. The van der Waals surface area contributed by atoms with E-state index in [1.807, 2.05) is 12.1 Å². The number of hydrogen-bond acceptors (Lipinski definition) is 1. The molecule has 2 aromatic carbocycles. The van der Waals surface area contributed by atoms with Gasteiger partial charge >= 0.3 is 0 Å². The molecule has 0 bridgehead atoms. The van der Waals surface area contributed by atoms with Crippen molar-refractivity contribution in [3.05, 3.63) is 66.6 Å². The molecule has 0 aliphatic carbocycles. The van der Waals surface area contributed by atoms with Crippen molar-refractivity contribution in [1.82, 2.24) is 5.32 Å². The van der Waals surface area contributed by atoms with Crippen LogP contribution in [0.5, 0.6) is 0 Å². The summed E-state index contributed by atoms with van der Waals surface area (Å²) in [6.45, 7) is 7.19. The average molecular weight is 432 g/mol. The van der Waals surface area contributed by atoms with Crippen LogP contribution in [0.3, 0.4) is 0 Å². The topological polar surface area (TPSA) is 12.0 Å². The van der Waals surface area contributed by atoms with E-state index in [9.17, 15) is 0 Å². The normalized spacial score (nSPS) is 12.5. The largest absolute Gasteiger partial charge is 0.306 e. The van der Waals surface area contributed by atoms with Gasteiger partial charge in [-0.1, -0.05) is 56.5 Å². The standard InChI is InChI=1S/C17H18Br2ClN/c1-4-21-17(12-7-13(18)9-14(19)8-12)15-5-10(2)11(3)6-16(15)20/h5-9,17,21H,4H2,1-3H3. The molecule has 1 atom stereocenters. The number of aryl methyl sites for hydroxylation is 2. The van der Waals surface area contributed by atoms with Crippen LogP contribution in [0.25, 0.3) is 0 Å². The van der Waals surface area contributed by atoms with Crippen LogP contribution in [0.1, 0.15) is 35.2 Å². The molecule has 21 heavy (non-hydrogen) atoms. The summed E-state index contributed by atoms with van der Waals surface area (Å²) >= 11 is 13.6. The van der Waals surface area contributed by atoms with Gasteiger partial charge in [0, 0.05) is 14.0 Å². The first kappa shape index (κ1) is 17.0. The zero-order valence-electron chi connectivity index (χ0n) is 12.3. The number of benzene rings is 2. The molecule has 0 aliphatic rings. The summed E-state index contributed by atoms with van der Waals surface area (Å²) in [7, 11) is 0. The van der Waals surface area contributed by atoms with Crippen molar-refractivity contribution in [3.63, 3.8) is 0 Å². The zero-order valence-corrected chi connectivity index (χ0v) is 16.2. The number of halogens is 3. The molecule has 0 radical (unpaired) electrons. The maximum Gasteiger partial charge on any atom is 0.0592 e. The van der Waals surface area contributed by atoms with Gasteiger partial charge in [-0.25, -0.2) is 0 Å². The Morgan fingerprint density at radius 3 is 2.14 bits per heavy atom. The highest BCUT2D eigenvalue weighted by Crippen LogP contribution is 2.33. The van der Waals surface area contributed by atoms with Crippen LogP contribution in [0.15, 0.2) is 39.3 Å². The highest BCUT2D eigenvalue weighted by molar-refractivity contribution is 9.11. The van der Waals surface area contributed by atoms with Gasteiger partial charge < -0.3 is 5.32 Å². The van der Waals surface area contributed by atoms with Gasteiger partial charge in [0.25, 0.3) is 0 Å². The van der Waals surface area contributed by atoms with E-state index in [0.717, 1.165) is 26.1 Å². The van der Waals surface area contributed by atoms with E-state index in [-0.39, 0.29) is 6.04 Å². The molecule has 0 aliphatic heterocycles. The Hall–Kier alpha value is -0.350. The van der Waals surface area contributed by atoms with E-state index in [4.69, 9.17) is 11.6 Å². The van der Waals surface area contributed by atoms with Crippen molar-refractivity contribution in [2.24, 2.45) is 0 Å². The fourth-order valence-electron chi connectivity index (χ4n) is 2.38. The molecule has 0 heterocycles. The quantitative estimate of drug-likeness (QED) is 0.609. The Balaban J connectivity index is 2.55. The van der Waals surface area contributed by atoms with Crippen molar-refractivity contribution < 1.29 is 0 Å². The van der Waals surface area contributed by atoms with E-state index >= 15 is 0 Å². The second-order valence-electron chi connectivity index (χ2n) is 5.15. The lowest BCUT2D eigenvalue weighted by Crippen LogP contribution is -2.22. The van der Waals surface area contributed by atoms with E-state index < -0.39 is 0 Å². The fourth-order valence-corrected chi connectivity index (χ4v) is 4.03. The number of nitrogens with one attached hydrogen (secondary N) is 1. The molecule has 0 fully saturated rings. The maximum absolute atomic E-state index is 6.50. The molecule has 1 nitrogen and oxygen atoms in total. The fraction of sp³-hybridized carbons (Fsp3) is 0.294. The minimum absolute atomic E-state index is 0.0793. The molecular formula is C17H18Br2ClN. The second-order valence-corrected chi connectivity index (χ2v) is 7.39. The van der Waals surface area contributed by atoms with Gasteiger partial charge in [0.15, 0.2) is 0 Å². The first-order valence-electron chi connectivity index (χ1n) is 6.88. The molecule has 0 aromatic heterocycles. The van der Waals surface area contributed by atoms with Crippen LogP contribution in [0.4, 0.5) is 0 Å². The summed E-state index contributed by atoms with van der Waals surface area (Å²) in [4.78, 5) is 0. The lowest BCUT2D eigenvalue weighted by molar-refractivity contribution is 0.630. The molecule has 0 saturated heterocycles. The van der Waals surface area contributed by atoms with Gasteiger partial charge in [-0.2, -0.15) is 0 Å². The summed E-state index contributed by atoms with van der Waals surface area (Å²) in [5.74, 6) is 0. The summed E-state index contributed by atoms with van der Waals surface area (Å²) in [6.07, 6.45) is 0. The van der Waals surface area contributed by atoms with Crippen LogP contribution in [0, 0.1) is 13.8 Å². The average Bonchev–Trinajstić information content (AvgIpc) is 2.39. The lowest BCUT2D eigenvalue weighted by atomic mass is 9.95. The van der Waals surface area contributed by atoms with Gasteiger partial charge in [-0.15, -0.1) is 0 Å². The molecule has 1 unspecified atom stereocenters. The molecule has 2 rings (SSSR count). The number of rotatable bonds is 4. The predicted molar refractivity (Wildman–Crippen MR) is 98.3 cm³/mol. The van der Waals surface area contributed by atoms with Crippen molar-refractivity contribution >= 4 is 43.5 Å². The smallest absolute Gasteiger partial charge is 0.0592 e. The van der Waals surface area contributed by atoms with E-state index in [0.29, 0.717) is 0 Å². The molecule has 4 heteroatoms. The summed E-state index contributed by atoms with van der Waals surface area (Å²) < 4.78 is 2.10. The number of hydrogen-bond donors (Lipinski definition) is 1. The summed E-state index contributed by atoms with van der Waals surface area (Å²) in [5.41, 5.74) is 4.77. The van der Waals surface area contributed by atoms with Gasteiger partial charge in [-0.05, 0) is 66.9 Å². The van der Waals surface area contributed by atoms with Gasteiger partial charge in [0.2, 0.25) is 0 Å². The zero-order chi connectivity index (χ0) is 15.6. The molecule has 0 amide bonds. The van der Waals surface area contributed by atoms with Crippen molar-refractivity contribution in [3.8, 4) is 0 Å². The first-order valence-corrected chi connectivity index (χ1v) is 8.84. The Morgan fingerprint density at radius 1 is 1.00 bits per heavy atom. The lowest BCUT2D eigenvalue weighted by Gasteiger charge is -2.22. The third kappa shape index (κ3) is 4.10. The van der Waals surface area contributed by atoms with Crippen LogP contribution >= 0.6 is 43.5 Å². The Kier molecular flexibility index (Phi) is 5.89. The van der Waals surface area contributed by atoms with E-state index in [2.05, 4.69) is 76.1 Å². The van der Waals surface area contributed by atoms with Crippen LogP contribution in [-0.4, -0.2) is 6.54 Å². The molecular weight excluding hydrogens is 413 g/mol. The monoisotopic (exact) mass is 429 g/mol. The van der Waals surface area contributed by atoms with Crippen molar-refractivity contribution in [2.45, 2.75) is 26.8 Å². The first-order chi connectivity index (χ1) is 9.92. The predicted octanol–water partition coefficient (Wildman–Crippen LogP) is 6.18. The van der Waals surface area contributed by atoms with E-state index in [1.165, 1.54) is 16.7 Å². The second kappa shape index (κ2) is 7.28. The Morgan fingerprint density at radius 2 is 1.57 bits per heavy atom. The Bertz CT molecular complexity index is 635. The van der Waals surface area contributed by atoms with Crippen LogP contribution in [0.2, 0.25) is 5.02 Å². The van der Waals surface area contributed by atoms with Crippen LogP contribution < -0.4 is 5.32 Å². The van der Waals surface area contributed by atoms with Crippen molar-refractivity contribution in [1.29, 1.82) is 0 Å². The highest BCUT2D eigenvalue weighted by Gasteiger charge is 2.18. The molecule has 1 N–H and O–H groups in total. The van der Waals surface area contributed by atoms with Gasteiger partial charge in [0.1, 0.15) is 0 Å². The molecule has 112 valence electrons. The minimum atomic E-state index is 0.0793. The third-order valence-corrected chi connectivity index (χ3v) is 4.79. The summed E-state index contributed by atoms with van der Waals surface area (Å²) in [5, 5.41) is 4.34. The highest BCUT2D eigenvalue weighted by atomic mass is 79.9. The van der Waals surface area contributed by atoms with Gasteiger partial charge in [-0.3, -0.25) is 0 Å². The third-order valence-electron chi connectivity index (χ3n) is 3.55. The van der Waals surface area contributed by atoms with E-state index in [1.54, 1.807) is 0 Å². The molecule has 0 saturated carbocycles. The van der Waals surface area contributed by atoms with Crippen LogP contribution in [-0.2, 0) is 0 Å². The molecule has 0 spiro atoms. The minimum Gasteiger partial charge on any atom is -0.306 e. The summed E-state index contributed by atoms with van der Waals surface area (Å²) in [6, 6.07) is 10.6. The van der Waals surface area contributed by atoms with Crippen molar-refractivity contribution in [2.75, 3.05) is 6.54 Å². The SMILES string of the molecule is CCNC(c1cc(Br)cc(Br)c1)c1cc(C)c(C)cc1Cl. The Labute approximate surface area is 148 Å².